The van der Waals surface area contributed by atoms with E-state index in [1.54, 1.807) is 36.4 Å². The highest BCUT2D eigenvalue weighted by molar-refractivity contribution is 7.94. The highest BCUT2D eigenvalue weighted by Gasteiger charge is 2.36. The number of para-hydroxylation sites is 1. The van der Waals surface area contributed by atoms with Gasteiger partial charge in [0.25, 0.3) is 10.0 Å². The fraction of sp³-hybridized carbons (Fsp3) is 0.267. The van der Waals surface area contributed by atoms with E-state index in [4.69, 9.17) is 0 Å². The molecule has 0 amide bonds. The molecule has 116 valence electrons. The molecule has 1 aliphatic heterocycles. The number of carboxylic acid groups (broad SMARTS) is 1. The van der Waals surface area contributed by atoms with E-state index in [0.717, 1.165) is 10.4 Å². The minimum atomic E-state index is -3.73. The number of aryl methyl sites for hydroxylation is 1. The Hall–Kier alpha value is -1.86. The lowest BCUT2D eigenvalue weighted by molar-refractivity contribution is -0.141. The number of thiophene rings is 1. The third-order valence-electron chi connectivity index (χ3n) is 3.72. The number of benzene rings is 1. The van der Waals surface area contributed by atoms with Crippen molar-refractivity contribution in [3.05, 3.63) is 46.8 Å². The Kier molecular flexibility index (Phi) is 3.70. The van der Waals surface area contributed by atoms with Gasteiger partial charge in [-0.2, -0.15) is 0 Å². The Bertz CT molecular complexity index is 826. The molecular formula is C15H15NO4S2. The minimum Gasteiger partial charge on any atom is -0.481 e. The van der Waals surface area contributed by atoms with Gasteiger partial charge < -0.3 is 5.11 Å². The standard InChI is InChI=1S/C15H15NO4S2/c1-10-6-7-14(21-10)22(19,20)16-9-12(15(17)18)8-11-4-2-3-5-13(11)16/h2-7,12H,8-9H2,1H3,(H,17,18). The molecule has 2 aromatic rings. The first-order chi connectivity index (χ1) is 10.4. The predicted molar refractivity (Wildman–Crippen MR) is 84.9 cm³/mol. The van der Waals surface area contributed by atoms with Crippen LogP contribution in [0.15, 0.2) is 40.6 Å². The van der Waals surface area contributed by atoms with Crippen LogP contribution in [0, 0.1) is 12.8 Å². The second-order valence-electron chi connectivity index (χ2n) is 5.27. The Labute approximate surface area is 132 Å². The maximum Gasteiger partial charge on any atom is 0.308 e. The van der Waals surface area contributed by atoms with Gasteiger partial charge in [0.2, 0.25) is 0 Å². The van der Waals surface area contributed by atoms with Crippen molar-refractivity contribution >= 4 is 33.0 Å². The van der Waals surface area contributed by atoms with Gasteiger partial charge in [-0.1, -0.05) is 18.2 Å². The number of nitrogens with zero attached hydrogens (tertiary/aromatic N) is 1. The van der Waals surface area contributed by atoms with Gasteiger partial charge >= 0.3 is 5.97 Å². The molecule has 0 saturated carbocycles. The van der Waals surface area contributed by atoms with Gasteiger partial charge in [0.1, 0.15) is 4.21 Å². The third kappa shape index (κ3) is 2.50. The van der Waals surface area contributed by atoms with Gasteiger partial charge in [-0.25, -0.2) is 8.42 Å². The number of aliphatic carboxylic acids is 1. The first-order valence-electron chi connectivity index (χ1n) is 6.79. The molecule has 2 heterocycles. The molecule has 1 aromatic carbocycles. The number of hydrogen-bond acceptors (Lipinski definition) is 4. The van der Waals surface area contributed by atoms with Crippen LogP contribution in [0.25, 0.3) is 0 Å². The van der Waals surface area contributed by atoms with Crippen molar-refractivity contribution in [1.82, 2.24) is 0 Å². The molecule has 0 radical (unpaired) electrons. The summed E-state index contributed by atoms with van der Waals surface area (Å²) in [6, 6.07) is 10.4. The summed E-state index contributed by atoms with van der Waals surface area (Å²) in [6.07, 6.45) is 0.348. The molecular weight excluding hydrogens is 322 g/mol. The number of rotatable bonds is 3. The second kappa shape index (κ2) is 5.40. The lowest BCUT2D eigenvalue weighted by atomic mass is 9.94. The summed E-state index contributed by atoms with van der Waals surface area (Å²) in [5, 5.41) is 9.30. The summed E-state index contributed by atoms with van der Waals surface area (Å²) in [7, 11) is -3.73. The molecule has 0 spiro atoms. The summed E-state index contributed by atoms with van der Waals surface area (Å²) in [6.45, 7) is 1.81. The normalized spacial score (nSPS) is 18.0. The van der Waals surface area contributed by atoms with Crippen LogP contribution in [0.5, 0.6) is 0 Å². The van der Waals surface area contributed by atoms with Crippen molar-refractivity contribution in [3.63, 3.8) is 0 Å². The van der Waals surface area contributed by atoms with Crippen molar-refractivity contribution in [3.8, 4) is 0 Å². The van der Waals surface area contributed by atoms with E-state index in [-0.39, 0.29) is 10.8 Å². The molecule has 5 nitrogen and oxygen atoms in total. The molecule has 1 N–H and O–H groups in total. The maximum atomic E-state index is 12.9. The van der Waals surface area contributed by atoms with Gasteiger partial charge in [0.15, 0.2) is 0 Å². The average molecular weight is 337 g/mol. The van der Waals surface area contributed by atoms with E-state index in [1.807, 2.05) is 6.92 Å². The van der Waals surface area contributed by atoms with Gasteiger partial charge in [-0.05, 0) is 37.1 Å². The van der Waals surface area contributed by atoms with Crippen LogP contribution in [0.4, 0.5) is 5.69 Å². The van der Waals surface area contributed by atoms with Crippen molar-refractivity contribution in [2.45, 2.75) is 17.6 Å². The monoisotopic (exact) mass is 337 g/mol. The largest absolute Gasteiger partial charge is 0.481 e. The molecule has 7 heteroatoms. The molecule has 1 aliphatic rings. The van der Waals surface area contributed by atoms with Gasteiger partial charge in [0.05, 0.1) is 11.6 Å². The van der Waals surface area contributed by atoms with Crippen LogP contribution in [0.2, 0.25) is 0 Å². The topological polar surface area (TPSA) is 74.7 Å². The third-order valence-corrected chi connectivity index (χ3v) is 6.97. The molecule has 1 aromatic heterocycles. The molecule has 1 unspecified atom stereocenters. The number of sulfonamides is 1. The minimum absolute atomic E-state index is 0.0361. The first-order valence-corrected chi connectivity index (χ1v) is 9.05. The molecule has 0 fully saturated rings. The average Bonchev–Trinajstić information content (AvgIpc) is 2.93. The quantitative estimate of drug-likeness (QED) is 0.934. The van der Waals surface area contributed by atoms with Crippen LogP contribution in [0.1, 0.15) is 10.4 Å². The number of carbonyl (C=O) groups is 1. The van der Waals surface area contributed by atoms with Crippen LogP contribution in [-0.2, 0) is 21.2 Å². The Morgan fingerprint density at radius 1 is 1.27 bits per heavy atom. The highest BCUT2D eigenvalue weighted by atomic mass is 32.2. The van der Waals surface area contributed by atoms with Crippen LogP contribution < -0.4 is 4.31 Å². The second-order valence-corrected chi connectivity index (χ2v) is 8.65. The van der Waals surface area contributed by atoms with Crippen LogP contribution in [0.3, 0.4) is 0 Å². The Balaban J connectivity index is 2.10. The van der Waals surface area contributed by atoms with E-state index in [0.29, 0.717) is 12.1 Å². The number of carboxylic acids is 1. The Morgan fingerprint density at radius 3 is 2.64 bits per heavy atom. The first kappa shape index (κ1) is 15.1. The fourth-order valence-electron chi connectivity index (χ4n) is 2.61. The zero-order valence-electron chi connectivity index (χ0n) is 11.9. The summed E-state index contributed by atoms with van der Waals surface area (Å²) >= 11 is 1.20. The van der Waals surface area contributed by atoms with Crippen molar-refractivity contribution in [1.29, 1.82) is 0 Å². The molecule has 0 bridgehead atoms. The van der Waals surface area contributed by atoms with E-state index < -0.39 is 21.9 Å². The lowest BCUT2D eigenvalue weighted by Gasteiger charge is -2.33. The predicted octanol–water partition coefficient (Wildman–Crippen LogP) is 2.51. The lowest BCUT2D eigenvalue weighted by Crippen LogP contribution is -2.42. The van der Waals surface area contributed by atoms with Gasteiger partial charge in [-0.3, -0.25) is 9.10 Å². The van der Waals surface area contributed by atoms with Crippen LogP contribution in [-0.4, -0.2) is 26.0 Å². The summed E-state index contributed by atoms with van der Waals surface area (Å²) in [5.41, 5.74) is 1.32. The van der Waals surface area contributed by atoms with Crippen LogP contribution >= 0.6 is 11.3 Å². The summed E-state index contributed by atoms with van der Waals surface area (Å²) < 4.78 is 27.2. The highest BCUT2D eigenvalue weighted by Crippen LogP contribution is 2.35. The van der Waals surface area contributed by atoms with Crippen molar-refractivity contribution in [2.75, 3.05) is 10.8 Å². The summed E-state index contributed by atoms with van der Waals surface area (Å²) in [4.78, 5) is 12.3. The molecule has 0 aliphatic carbocycles. The van der Waals surface area contributed by atoms with E-state index in [1.165, 1.54) is 15.6 Å². The van der Waals surface area contributed by atoms with Crippen molar-refractivity contribution < 1.29 is 18.3 Å². The summed E-state index contributed by atoms with van der Waals surface area (Å²) in [5.74, 6) is -1.71. The van der Waals surface area contributed by atoms with E-state index in [9.17, 15) is 18.3 Å². The maximum absolute atomic E-state index is 12.9. The smallest absolute Gasteiger partial charge is 0.308 e. The van der Waals surface area contributed by atoms with Crippen molar-refractivity contribution in [2.24, 2.45) is 5.92 Å². The number of anilines is 1. The van der Waals surface area contributed by atoms with Gasteiger partial charge in [0, 0.05) is 11.4 Å². The Morgan fingerprint density at radius 2 is 2.00 bits per heavy atom. The van der Waals surface area contributed by atoms with E-state index >= 15 is 0 Å². The zero-order valence-corrected chi connectivity index (χ0v) is 13.5. The molecule has 1 atom stereocenters. The number of hydrogen-bond donors (Lipinski definition) is 1. The number of fused-ring (bicyclic) bond motifs is 1. The molecule has 0 saturated heterocycles. The fourth-order valence-corrected chi connectivity index (χ4v) is 5.55. The molecule has 22 heavy (non-hydrogen) atoms. The van der Waals surface area contributed by atoms with E-state index in [2.05, 4.69) is 0 Å². The van der Waals surface area contributed by atoms with Gasteiger partial charge in [-0.15, -0.1) is 11.3 Å². The zero-order chi connectivity index (χ0) is 15.9. The molecule has 3 rings (SSSR count). The SMILES string of the molecule is Cc1ccc(S(=O)(=O)N2CC(C(=O)O)Cc3ccccc32)s1.